The van der Waals surface area contributed by atoms with Gasteiger partial charge in [-0.05, 0) is 16.7 Å². The number of nitrogens with one attached hydrogen (secondary N) is 1. The van der Waals surface area contributed by atoms with Gasteiger partial charge in [-0.2, -0.15) is 0 Å². The van der Waals surface area contributed by atoms with Gasteiger partial charge >= 0.3 is 5.97 Å². The zero-order valence-corrected chi connectivity index (χ0v) is 12.6. The van der Waals surface area contributed by atoms with Crippen molar-refractivity contribution < 1.29 is 19.7 Å². The second kappa shape index (κ2) is 6.91. The van der Waals surface area contributed by atoms with Crippen molar-refractivity contribution in [2.24, 2.45) is 0 Å². The molecule has 0 spiro atoms. The van der Waals surface area contributed by atoms with Gasteiger partial charge in [0.15, 0.2) is 0 Å². The number of aliphatic hydroxyl groups excluding tert-OH is 1. The Kier molecular flexibility index (Phi) is 4.71. The first-order valence-electron chi connectivity index (χ1n) is 7.56. The minimum atomic E-state index is -1.06. The molecule has 5 nitrogen and oxygen atoms in total. The Labute approximate surface area is 134 Å². The van der Waals surface area contributed by atoms with Crippen molar-refractivity contribution in [2.75, 3.05) is 6.54 Å². The molecule has 0 saturated carbocycles. The smallest absolute Gasteiger partial charge is 0.323 e. The Morgan fingerprint density at radius 2 is 1.83 bits per heavy atom. The molecule has 120 valence electrons. The van der Waals surface area contributed by atoms with Crippen LogP contribution in [-0.2, 0) is 16.1 Å². The van der Waals surface area contributed by atoms with Crippen molar-refractivity contribution in [3.8, 4) is 11.1 Å². The van der Waals surface area contributed by atoms with Gasteiger partial charge in [-0.1, -0.05) is 54.6 Å². The standard InChI is InChI=1S/C18H19NO4/c20-17-15(10-19-16(17)18(21)22)23-11-13-8-4-5-9-14(13)12-6-2-1-3-7-12/h1-9,15-17,19-20H,10-11H2,(H,21,22)/t15-,16-,17+/m0/s1. The molecule has 0 bridgehead atoms. The average molecular weight is 313 g/mol. The summed E-state index contributed by atoms with van der Waals surface area (Å²) in [5.41, 5.74) is 3.17. The van der Waals surface area contributed by atoms with E-state index in [0.717, 1.165) is 16.7 Å². The van der Waals surface area contributed by atoms with E-state index in [2.05, 4.69) is 5.32 Å². The molecule has 23 heavy (non-hydrogen) atoms. The lowest BCUT2D eigenvalue weighted by atomic mass is 10.0. The fraction of sp³-hybridized carbons (Fsp3) is 0.278. The Morgan fingerprint density at radius 1 is 1.13 bits per heavy atom. The number of aliphatic carboxylic acids is 1. The van der Waals surface area contributed by atoms with E-state index in [1.54, 1.807) is 0 Å². The molecule has 3 rings (SSSR count). The van der Waals surface area contributed by atoms with Gasteiger partial charge < -0.3 is 14.9 Å². The molecule has 0 aromatic heterocycles. The summed E-state index contributed by atoms with van der Waals surface area (Å²) < 4.78 is 5.77. The third kappa shape index (κ3) is 3.42. The Morgan fingerprint density at radius 3 is 2.52 bits per heavy atom. The predicted octanol–water partition coefficient (Wildman–Crippen LogP) is 1.66. The number of aliphatic hydroxyl groups is 1. The van der Waals surface area contributed by atoms with Crippen molar-refractivity contribution in [3.63, 3.8) is 0 Å². The Balaban J connectivity index is 1.71. The van der Waals surface area contributed by atoms with Gasteiger partial charge in [-0.3, -0.25) is 10.1 Å². The molecule has 3 atom stereocenters. The van der Waals surface area contributed by atoms with E-state index >= 15 is 0 Å². The second-order valence-electron chi connectivity index (χ2n) is 5.59. The SMILES string of the molecule is O=C(O)[C@H]1NC[C@H](OCc2ccccc2-c2ccccc2)[C@H]1O. The van der Waals surface area contributed by atoms with Crippen molar-refractivity contribution in [1.82, 2.24) is 5.32 Å². The lowest BCUT2D eigenvalue weighted by molar-refractivity contribution is -0.142. The molecule has 0 unspecified atom stereocenters. The van der Waals surface area contributed by atoms with Crippen LogP contribution >= 0.6 is 0 Å². The van der Waals surface area contributed by atoms with Gasteiger partial charge in [0.25, 0.3) is 0 Å². The summed E-state index contributed by atoms with van der Waals surface area (Å²) in [6, 6.07) is 16.9. The third-order valence-corrected chi connectivity index (χ3v) is 4.08. The number of rotatable bonds is 5. The van der Waals surface area contributed by atoms with E-state index in [9.17, 15) is 9.90 Å². The predicted molar refractivity (Wildman–Crippen MR) is 85.9 cm³/mol. The Hall–Kier alpha value is -2.21. The van der Waals surface area contributed by atoms with Crippen molar-refractivity contribution in [1.29, 1.82) is 0 Å². The fourth-order valence-electron chi connectivity index (χ4n) is 2.83. The molecule has 1 aliphatic heterocycles. The molecule has 2 aromatic rings. The summed E-state index contributed by atoms with van der Waals surface area (Å²) in [5, 5.41) is 21.8. The van der Waals surface area contributed by atoms with Crippen LogP contribution in [0.15, 0.2) is 54.6 Å². The van der Waals surface area contributed by atoms with Crippen LogP contribution in [0.3, 0.4) is 0 Å². The molecule has 5 heteroatoms. The summed E-state index contributed by atoms with van der Waals surface area (Å²) in [6.07, 6.45) is -1.57. The van der Waals surface area contributed by atoms with E-state index < -0.39 is 24.2 Å². The first-order chi connectivity index (χ1) is 11.2. The first-order valence-corrected chi connectivity index (χ1v) is 7.56. The zero-order valence-electron chi connectivity index (χ0n) is 12.6. The molecule has 2 aromatic carbocycles. The van der Waals surface area contributed by atoms with Crippen LogP contribution in [0, 0.1) is 0 Å². The minimum absolute atomic E-state index is 0.320. The highest BCUT2D eigenvalue weighted by molar-refractivity contribution is 5.75. The zero-order chi connectivity index (χ0) is 16.2. The van der Waals surface area contributed by atoms with Crippen LogP contribution in [-0.4, -0.2) is 41.0 Å². The minimum Gasteiger partial charge on any atom is -0.480 e. The number of carboxylic acid groups (broad SMARTS) is 1. The largest absolute Gasteiger partial charge is 0.480 e. The number of ether oxygens (including phenoxy) is 1. The highest BCUT2D eigenvalue weighted by Gasteiger charge is 2.39. The maximum atomic E-state index is 11.0. The van der Waals surface area contributed by atoms with Gasteiger partial charge in [0.2, 0.25) is 0 Å². The lowest BCUT2D eigenvalue weighted by Gasteiger charge is -2.18. The topological polar surface area (TPSA) is 78.8 Å². The molecular weight excluding hydrogens is 294 g/mol. The maximum absolute atomic E-state index is 11.0. The third-order valence-electron chi connectivity index (χ3n) is 4.08. The second-order valence-corrected chi connectivity index (χ2v) is 5.59. The van der Waals surface area contributed by atoms with E-state index in [1.165, 1.54) is 0 Å². The van der Waals surface area contributed by atoms with Gasteiger partial charge in [0.1, 0.15) is 12.1 Å². The number of carbonyl (C=O) groups is 1. The van der Waals surface area contributed by atoms with Gasteiger partial charge in [-0.25, -0.2) is 0 Å². The molecule has 1 saturated heterocycles. The number of benzene rings is 2. The Bertz CT molecular complexity index is 674. The summed E-state index contributed by atoms with van der Waals surface area (Å²) in [4.78, 5) is 11.0. The van der Waals surface area contributed by atoms with Gasteiger partial charge in [-0.15, -0.1) is 0 Å². The van der Waals surface area contributed by atoms with Crippen LogP contribution in [0.2, 0.25) is 0 Å². The number of carboxylic acids is 1. The van der Waals surface area contributed by atoms with Gasteiger partial charge in [0, 0.05) is 6.54 Å². The van der Waals surface area contributed by atoms with Crippen LogP contribution < -0.4 is 5.32 Å². The summed E-state index contributed by atoms with van der Waals surface area (Å²) in [7, 11) is 0. The van der Waals surface area contributed by atoms with Crippen molar-refractivity contribution in [3.05, 3.63) is 60.2 Å². The number of hydrogen-bond donors (Lipinski definition) is 3. The monoisotopic (exact) mass is 313 g/mol. The lowest BCUT2D eigenvalue weighted by Crippen LogP contribution is -2.40. The molecule has 1 fully saturated rings. The molecule has 0 aliphatic carbocycles. The first kappa shape index (κ1) is 15.7. The summed E-state index contributed by atoms with van der Waals surface area (Å²) in [6.45, 7) is 0.645. The normalized spacial score (nSPS) is 23.8. The van der Waals surface area contributed by atoms with E-state index in [4.69, 9.17) is 9.84 Å². The maximum Gasteiger partial charge on any atom is 0.323 e. The van der Waals surface area contributed by atoms with E-state index in [1.807, 2.05) is 54.6 Å². The quantitative estimate of drug-likeness (QED) is 0.782. The van der Waals surface area contributed by atoms with E-state index in [-0.39, 0.29) is 0 Å². The van der Waals surface area contributed by atoms with Crippen LogP contribution in [0.5, 0.6) is 0 Å². The summed E-state index contributed by atoms with van der Waals surface area (Å²) >= 11 is 0. The highest BCUT2D eigenvalue weighted by Crippen LogP contribution is 2.25. The van der Waals surface area contributed by atoms with E-state index in [0.29, 0.717) is 13.2 Å². The van der Waals surface area contributed by atoms with Crippen molar-refractivity contribution in [2.45, 2.75) is 24.9 Å². The average Bonchev–Trinajstić information content (AvgIpc) is 2.95. The molecule has 3 N–H and O–H groups in total. The van der Waals surface area contributed by atoms with Crippen molar-refractivity contribution >= 4 is 5.97 Å². The highest BCUT2D eigenvalue weighted by atomic mass is 16.5. The molecule has 1 aliphatic rings. The molecule has 0 amide bonds. The van der Waals surface area contributed by atoms with Crippen LogP contribution in [0.1, 0.15) is 5.56 Å². The molecule has 0 radical (unpaired) electrons. The summed E-state index contributed by atoms with van der Waals surface area (Å²) in [5.74, 6) is -1.06. The van der Waals surface area contributed by atoms with Gasteiger partial charge in [0.05, 0.1) is 12.7 Å². The van der Waals surface area contributed by atoms with Crippen LogP contribution in [0.4, 0.5) is 0 Å². The molecule has 1 heterocycles. The van der Waals surface area contributed by atoms with Crippen LogP contribution in [0.25, 0.3) is 11.1 Å². The fourth-order valence-corrected chi connectivity index (χ4v) is 2.83. The molecular formula is C18H19NO4. The number of hydrogen-bond acceptors (Lipinski definition) is 4.